The Morgan fingerprint density at radius 1 is 1.40 bits per heavy atom. The molecule has 0 N–H and O–H groups in total. The molecule has 1 aromatic heterocycles. The van der Waals surface area contributed by atoms with Crippen molar-refractivity contribution in [1.82, 2.24) is 14.9 Å². The van der Waals surface area contributed by atoms with Gasteiger partial charge in [0.05, 0.1) is 17.6 Å². The lowest BCUT2D eigenvalue weighted by molar-refractivity contribution is 0.199. The molecule has 1 aliphatic rings. The van der Waals surface area contributed by atoms with Crippen molar-refractivity contribution in [1.29, 1.82) is 0 Å². The molecule has 0 saturated carbocycles. The zero-order chi connectivity index (χ0) is 10.8. The fourth-order valence-electron chi connectivity index (χ4n) is 1.74. The minimum atomic E-state index is 0.270. The first-order chi connectivity index (χ1) is 7.15. The number of hydrogen-bond donors (Lipinski definition) is 0. The molecule has 0 radical (unpaired) electrons. The van der Waals surface area contributed by atoms with Gasteiger partial charge in [-0.25, -0.2) is 4.98 Å². The zero-order valence-corrected chi connectivity index (χ0v) is 9.53. The number of likely N-dealkylation sites (tertiary alicyclic amines) is 1. The van der Waals surface area contributed by atoms with Gasteiger partial charge in [-0.3, -0.25) is 4.98 Å². The maximum absolute atomic E-state index is 5.77. The van der Waals surface area contributed by atoms with Gasteiger partial charge in [0.2, 0.25) is 5.88 Å². The standard InChI is InChI=1S/C11H17N3O/c1-8-9(2)13-11(6-12-8)15-10-4-5-14(3)7-10/h6,10H,4-5,7H2,1-3H3/t10-/m1/s1. The molecule has 82 valence electrons. The van der Waals surface area contributed by atoms with Crippen LogP contribution in [0.25, 0.3) is 0 Å². The van der Waals surface area contributed by atoms with Gasteiger partial charge in [0, 0.05) is 13.1 Å². The third kappa shape index (κ3) is 2.45. The third-order valence-corrected chi connectivity index (χ3v) is 2.81. The molecule has 0 spiro atoms. The highest BCUT2D eigenvalue weighted by molar-refractivity contribution is 5.14. The summed E-state index contributed by atoms with van der Waals surface area (Å²) < 4.78 is 5.77. The van der Waals surface area contributed by atoms with E-state index in [1.807, 2.05) is 13.8 Å². The summed E-state index contributed by atoms with van der Waals surface area (Å²) in [5.41, 5.74) is 1.91. The maximum atomic E-state index is 5.77. The van der Waals surface area contributed by atoms with Gasteiger partial charge in [0.1, 0.15) is 6.10 Å². The van der Waals surface area contributed by atoms with E-state index in [0.29, 0.717) is 5.88 Å². The molecule has 15 heavy (non-hydrogen) atoms. The Balaban J connectivity index is 2.02. The highest BCUT2D eigenvalue weighted by atomic mass is 16.5. The normalized spacial score (nSPS) is 21.9. The average Bonchev–Trinajstić information content (AvgIpc) is 2.58. The number of aromatic nitrogens is 2. The Kier molecular flexibility index (Phi) is 2.86. The van der Waals surface area contributed by atoms with E-state index in [-0.39, 0.29) is 6.10 Å². The van der Waals surface area contributed by atoms with Crippen molar-refractivity contribution >= 4 is 0 Å². The van der Waals surface area contributed by atoms with Crippen LogP contribution in [0.3, 0.4) is 0 Å². The molecule has 0 aliphatic carbocycles. The van der Waals surface area contributed by atoms with Crippen molar-refractivity contribution in [3.05, 3.63) is 17.6 Å². The molecule has 1 saturated heterocycles. The summed E-state index contributed by atoms with van der Waals surface area (Å²) in [5, 5.41) is 0. The largest absolute Gasteiger partial charge is 0.472 e. The monoisotopic (exact) mass is 207 g/mol. The first-order valence-corrected chi connectivity index (χ1v) is 5.30. The van der Waals surface area contributed by atoms with Crippen molar-refractivity contribution in [2.24, 2.45) is 0 Å². The lowest BCUT2D eigenvalue weighted by Crippen LogP contribution is -2.22. The van der Waals surface area contributed by atoms with Crippen LogP contribution < -0.4 is 4.74 Å². The van der Waals surface area contributed by atoms with Gasteiger partial charge >= 0.3 is 0 Å². The molecule has 1 aromatic rings. The van der Waals surface area contributed by atoms with E-state index in [1.165, 1.54) is 0 Å². The second-order valence-corrected chi connectivity index (χ2v) is 4.17. The van der Waals surface area contributed by atoms with E-state index in [0.717, 1.165) is 30.9 Å². The minimum Gasteiger partial charge on any atom is -0.472 e. The number of likely N-dealkylation sites (N-methyl/N-ethyl adjacent to an activating group) is 1. The Labute approximate surface area is 90.3 Å². The number of rotatable bonds is 2. The quantitative estimate of drug-likeness (QED) is 0.730. The fourth-order valence-corrected chi connectivity index (χ4v) is 1.74. The van der Waals surface area contributed by atoms with Crippen LogP contribution in [0.5, 0.6) is 5.88 Å². The van der Waals surface area contributed by atoms with Crippen LogP contribution in [0.1, 0.15) is 17.8 Å². The third-order valence-electron chi connectivity index (χ3n) is 2.81. The van der Waals surface area contributed by atoms with Crippen LogP contribution in [0.2, 0.25) is 0 Å². The topological polar surface area (TPSA) is 38.2 Å². The van der Waals surface area contributed by atoms with E-state index >= 15 is 0 Å². The van der Waals surface area contributed by atoms with Crippen LogP contribution in [-0.4, -0.2) is 41.1 Å². The first kappa shape index (κ1) is 10.4. The smallest absolute Gasteiger partial charge is 0.232 e. The molecule has 0 aromatic carbocycles. The van der Waals surface area contributed by atoms with Crippen LogP contribution in [0, 0.1) is 13.8 Å². The summed E-state index contributed by atoms with van der Waals surface area (Å²) in [4.78, 5) is 10.9. The molecule has 4 nitrogen and oxygen atoms in total. The summed E-state index contributed by atoms with van der Waals surface area (Å²) in [7, 11) is 2.11. The number of aryl methyl sites for hydroxylation is 2. The Morgan fingerprint density at radius 3 is 2.80 bits per heavy atom. The van der Waals surface area contributed by atoms with Gasteiger partial charge in [-0.15, -0.1) is 0 Å². The SMILES string of the molecule is Cc1ncc(O[C@@H]2CCN(C)C2)nc1C. The minimum absolute atomic E-state index is 0.270. The van der Waals surface area contributed by atoms with Crippen molar-refractivity contribution in [2.45, 2.75) is 26.4 Å². The lowest BCUT2D eigenvalue weighted by Gasteiger charge is -2.13. The van der Waals surface area contributed by atoms with Gasteiger partial charge in [0.15, 0.2) is 0 Å². The number of hydrogen-bond acceptors (Lipinski definition) is 4. The van der Waals surface area contributed by atoms with E-state index in [9.17, 15) is 0 Å². The molecule has 0 amide bonds. The zero-order valence-electron chi connectivity index (χ0n) is 9.53. The van der Waals surface area contributed by atoms with E-state index in [2.05, 4.69) is 21.9 Å². The van der Waals surface area contributed by atoms with E-state index in [1.54, 1.807) is 6.20 Å². The predicted octanol–water partition coefficient (Wildman–Crippen LogP) is 1.18. The van der Waals surface area contributed by atoms with Crippen molar-refractivity contribution < 1.29 is 4.74 Å². The molecule has 1 atom stereocenters. The number of nitrogens with zero attached hydrogens (tertiary/aromatic N) is 3. The molecule has 1 fully saturated rings. The van der Waals surface area contributed by atoms with Crippen molar-refractivity contribution in [3.8, 4) is 5.88 Å². The molecule has 2 rings (SSSR count). The predicted molar refractivity (Wildman–Crippen MR) is 58.0 cm³/mol. The van der Waals surface area contributed by atoms with Gasteiger partial charge in [-0.1, -0.05) is 0 Å². The Morgan fingerprint density at radius 2 is 2.20 bits per heavy atom. The molecule has 1 aliphatic heterocycles. The molecule has 2 heterocycles. The van der Waals surface area contributed by atoms with Crippen molar-refractivity contribution in [3.63, 3.8) is 0 Å². The molecular weight excluding hydrogens is 190 g/mol. The van der Waals surface area contributed by atoms with Crippen LogP contribution in [0.15, 0.2) is 6.20 Å². The molecule has 0 bridgehead atoms. The molecular formula is C11H17N3O. The van der Waals surface area contributed by atoms with Crippen LogP contribution >= 0.6 is 0 Å². The maximum Gasteiger partial charge on any atom is 0.232 e. The summed E-state index contributed by atoms with van der Waals surface area (Å²) in [5.74, 6) is 0.651. The Bertz CT molecular complexity index is 354. The van der Waals surface area contributed by atoms with Gasteiger partial charge in [0.25, 0.3) is 0 Å². The summed E-state index contributed by atoms with van der Waals surface area (Å²) in [6.45, 7) is 5.99. The van der Waals surface area contributed by atoms with E-state index in [4.69, 9.17) is 4.74 Å². The molecule has 4 heteroatoms. The number of ether oxygens (including phenoxy) is 1. The summed E-state index contributed by atoms with van der Waals surface area (Å²) >= 11 is 0. The summed E-state index contributed by atoms with van der Waals surface area (Å²) in [6.07, 6.45) is 3.05. The molecule has 0 unspecified atom stereocenters. The van der Waals surface area contributed by atoms with Crippen LogP contribution in [-0.2, 0) is 0 Å². The summed E-state index contributed by atoms with van der Waals surface area (Å²) in [6, 6.07) is 0. The highest BCUT2D eigenvalue weighted by Crippen LogP contribution is 2.15. The Hall–Kier alpha value is -1.16. The lowest BCUT2D eigenvalue weighted by atomic mass is 10.3. The first-order valence-electron chi connectivity index (χ1n) is 5.30. The van der Waals surface area contributed by atoms with Gasteiger partial charge in [-0.2, -0.15) is 0 Å². The second kappa shape index (κ2) is 4.14. The van der Waals surface area contributed by atoms with Crippen LogP contribution in [0.4, 0.5) is 0 Å². The highest BCUT2D eigenvalue weighted by Gasteiger charge is 2.21. The van der Waals surface area contributed by atoms with Gasteiger partial charge in [-0.05, 0) is 27.3 Å². The second-order valence-electron chi connectivity index (χ2n) is 4.17. The average molecular weight is 207 g/mol. The fraction of sp³-hybridized carbons (Fsp3) is 0.636. The van der Waals surface area contributed by atoms with E-state index < -0.39 is 0 Å². The van der Waals surface area contributed by atoms with Crippen molar-refractivity contribution in [2.75, 3.05) is 20.1 Å². The van der Waals surface area contributed by atoms with Gasteiger partial charge < -0.3 is 9.64 Å².